The first kappa shape index (κ1) is 21.5. The summed E-state index contributed by atoms with van der Waals surface area (Å²) in [5.41, 5.74) is 10.1. The molecule has 0 aliphatic rings. The molecule has 0 bridgehead atoms. The average molecular weight is 453 g/mol. The zero-order chi connectivity index (χ0) is 23.2. The predicted molar refractivity (Wildman–Crippen MR) is 121 cm³/mol. The van der Waals surface area contributed by atoms with Crippen molar-refractivity contribution in [2.75, 3.05) is 12.8 Å². The molecule has 1 aromatic carbocycles. The Bertz CT molecular complexity index is 1370. The van der Waals surface area contributed by atoms with Crippen molar-refractivity contribution in [2.45, 2.75) is 26.8 Å². The van der Waals surface area contributed by atoms with Gasteiger partial charge in [-0.3, -0.25) is 0 Å². The van der Waals surface area contributed by atoms with Crippen molar-refractivity contribution >= 4 is 34.4 Å². The number of aryl methyl sites for hydroxylation is 1. The van der Waals surface area contributed by atoms with E-state index < -0.39 is 5.97 Å². The second-order valence-corrected chi connectivity index (χ2v) is 7.79. The van der Waals surface area contributed by atoms with Crippen LogP contribution in [0.2, 0.25) is 5.02 Å². The van der Waals surface area contributed by atoms with Gasteiger partial charge in [0.1, 0.15) is 23.6 Å². The maximum Gasteiger partial charge on any atom is 0.354 e. The summed E-state index contributed by atoms with van der Waals surface area (Å²) in [5, 5.41) is 15.2. The lowest BCUT2D eigenvalue weighted by Crippen LogP contribution is -2.12. The Kier molecular flexibility index (Phi) is 5.43. The molecule has 164 valence electrons. The minimum Gasteiger partial charge on any atom is -0.496 e. The van der Waals surface area contributed by atoms with Crippen molar-refractivity contribution in [1.82, 2.24) is 24.7 Å². The molecule has 0 radical (unpaired) electrons. The highest BCUT2D eigenvalue weighted by atomic mass is 35.5. The Balaban J connectivity index is 1.96. The van der Waals surface area contributed by atoms with Crippen molar-refractivity contribution in [3.63, 3.8) is 0 Å². The maximum absolute atomic E-state index is 11.5. The van der Waals surface area contributed by atoms with Gasteiger partial charge in [-0.05, 0) is 50.1 Å². The number of carbonyl (C=O) groups is 1. The van der Waals surface area contributed by atoms with Crippen LogP contribution >= 0.6 is 11.6 Å². The Labute approximate surface area is 188 Å². The number of hydrogen-bond acceptors (Lipinski definition) is 7. The number of aromatic carboxylic acids is 1. The van der Waals surface area contributed by atoms with E-state index >= 15 is 0 Å². The molecule has 0 aliphatic heterocycles. The Morgan fingerprint density at radius 1 is 1.25 bits per heavy atom. The molecule has 3 aromatic heterocycles. The number of ether oxygens (including phenoxy) is 1. The number of carboxylic acids is 1. The number of hydrogen-bond donors (Lipinski definition) is 2. The second-order valence-electron chi connectivity index (χ2n) is 7.38. The Hall–Kier alpha value is -3.72. The van der Waals surface area contributed by atoms with Gasteiger partial charge in [-0.25, -0.2) is 24.4 Å². The molecule has 3 N–H and O–H groups in total. The lowest BCUT2D eigenvalue weighted by molar-refractivity contribution is 0.0690. The average Bonchev–Trinajstić information content (AvgIpc) is 3.12. The quantitative estimate of drug-likeness (QED) is 0.463. The van der Waals surface area contributed by atoms with Gasteiger partial charge in [0, 0.05) is 22.3 Å². The molecule has 3 heterocycles. The monoisotopic (exact) mass is 452 g/mol. The molecule has 4 aromatic rings. The fraction of sp³-hybridized carbons (Fsp3) is 0.227. The fourth-order valence-corrected chi connectivity index (χ4v) is 4.11. The minimum absolute atomic E-state index is 0.0700. The third kappa shape index (κ3) is 3.40. The molecule has 0 saturated heterocycles. The number of fused-ring (bicyclic) bond motifs is 1. The smallest absolute Gasteiger partial charge is 0.354 e. The van der Waals surface area contributed by atoms with Crippen molar-refractivity contribution in [3.05, 3.63) is 58.3 Å². The van der Waals surface area contributed by atoms with Gasteiger partial charge in [0.2, 0.25) is 0 Å². The summed E-state index contributed by atoms with van der Waals surface area (Å²) in [6.45, 7) is 5.66. The summed E-state index contributed by atoms with van der Waals surface area (Å²) in [6.07, 6.45) is 2.85. The largest absolute Gasteiger partial charge is 0.496 e. The lowest BCUT2D eigenvalue weighted by Gasteiger charge is -2.22. The van der Waals surface area contributed by atoms with E-state index in [9.17, 15) is 9.90 Å². The zero-order valence-electron chi connectivity index (χ0n) is 17.9. The number of rotatable bonds is 5. The molecular formula is C22H21ClN6O3. The van der Waals surface area contributed by atoms with E-state index in [1.165, 1.54) is 18.6 Å². The van der Waals surface area contributed by atoms with Gasteiger partial charge in [-0.1, -0.05) is 11.6 Å². The number of methoxy groups -OCH3 is 1. The normalized spacial score (nSPS) is 12.2. The summed E-state index contributed by atoms with van der Waals surface area (Å²) in [4.78, 5) is 23.8. The van der Waals surface area contributed by atoms with Crippen LogP contribution in [0.5, 0.6) is 5.75 Å². The SMILES string of the molecule is COc1c(C(C)n2nc(C)c3c(N)ncnc32)cc(Cl)c(C)c1-c1ccnc(C(=O)O)c1. The van der Waals surface area contributed by atoms with Crippen LogP contribution < -0.4 is 10.5 Å². The van der Waals surface area contributed by atoms with Crippen molar-refractivity contribution < 1.29 is 14.6 Å². The van der Waals surface area contributed by atoms with E-state index in [2.05, 4.69) is 20.1 Å². The van der Waals surface area contributed by atoms with Crippen LogP contribution in [0.1, 0.15) is 40.3 Å². The van der Waals surface area contributed by atoms with Gasteiger partial charge in [-0.2, -0.15) is 5.10 Å². The summed E-state index contributed by atoms with van der Waals surface area (Å²) >= 11 is 6.62. The highest BCUT2D eigenvalue weighted by molar-refractivity contribution is 6.32. The first-order valence-electron chi connectivity index (χ1n) is 9.76. The third-order valence-electron chi connectivity index (χ3n) is 5.49. The van der Waals surface area contributed by atoms with E-state index in [4.69, 9.17) is 22.1 Å². The molecular weight excluding hydrogens is 432 g/mol. The van der Waals surface area contributed by atoms with E-state index in [0.717, 1.165) is 11.1 Å². The second kappa shape index (κ2) is 8.08. The molecule has 0 amide bonds. The molecule has 0 spiro atoms. The van der Waals surface area contributed by atoms with Crippen LogP contribution in [0.25, 0.3) is 22.2 Å². The molecule has 1 unspecified atom stereocenters. The van der Waals surface area contributed by atoms with Crippen LogP contribution in [0, 0.1) is 13.8 Å². The summed E-state index contributed by atoms with van der Waals surface area (Å²) in [7, 11) is 1.56. The number of nitrogens with zero attached hydrogens (tertiary/aromatic N) is 5. The summed E-state index contributed by atoms with van der Waals surface area (Å²) < 4.78 is 7.58. The molecule has 0 fully saturated rings. The molecule has 0 saturated carbocycles. The standard InChI is InChI=1S/C22H21ClN6O3/c1-10-15(23)8-14(12(3)29-21-18(11(2)28-29)20(24)26-9-27-21)19(32-4)17(10)13-5-6-25-16(7-13)22(30)31/h5-9,12H,1-4H3,(H,30,31)(H2,24,26,27). The third-order valence-corrected chi connectivity index (χ3v) is 5.88. The zero-order valence-corrected chi connectivity index (χ0v) is 18.7. The molecule has 9 nitrogen and oxygen atoms in total. The molecule has 4 rings (SSSR count). The van der Waals surface area contributed by atoms with E-state index in [1.54, 1.807) is 17.9 Å². The van der Waals surface area contributed by atoms with Crippen molar-refractivity contribution in [2.24, 2.45) is 0 Å². The molecule has 32 heavy (non-hydrogen) atoms. The van der Waals surface area contributed by atoms with E-state index in [1.807, 2.05) is 26.8 Å². The molecule has 1 atom stereocenters. The number of pyridine rings is 1. The van der Waals surface area contributed by atoms with Crippen LogP contribution in [-0.2, 0) is 0 Å². The van der Waals surface area contributed by atoms with Gasteiger partial charge in [0.05, 0.1) is 24.2 Å². The predicted octanol–water partition coefficient (Wildman–Crippen LogP) is 4.06. The first-order valence-corrected chi connectivity index (χ1v) is 10.1. The number of nitrogen functional groups attached to an aromatic ring is 1. The number of benzene rings is 1. The van der Waals surface area contributed by atoms with Crippen LogP contribution in [0.3, 0.4) is 0 Å². The maximum atomic E-state index is 11.5. The summed E-state index contributed by atoms with van der Waals surface area (Å²) in [6, 6.07) is 4.73. The minimum atomic E-state index is -1.12. The number of halogens is 1. The van der Waals surface area contributed by atoms with Crippen molar-refractivity contribution in [3.8, 4) is 16.9 Å². The number of aromatic nitrogens is 5. The Morgan fingerprint density at radius 2 is 2.00 bits per heavy atom. The molecule has 0 aliphatic carbocycles. The van der Waals surface area contributed by atoms with Gasteiger partial charge in [-0.15, -0.1) is 0 Å². The first-order chi connectivity index (χ1) is 15.2. The van der Waals surface area contributed by atoms with Crippen LogP contribution in [-0.4, -0.2) is 42.9 Å². The van der Waals surface area contributed by atoms with Gasteiger partial charge >= 0.3 is 5.97 Å². The molecule has 10 heteroatoms. The number of nitrogens with two attached hydrogens (primary N) is 1. The van der Waals surface area contributed by atoms with E-state index in [-0.39, 0.29) is 11.7 Å². The van der Waals surface area contributed by atoms with Crippen LogP contribution in [0.4, 0.5) is 5.82 Å². The topological polar surface area (TPSA) is 129 Å². The Morgan fingerprint density at radius 3 is 2.69 bits per heavy atom. The van der Waals surface area contributed by atoms with Gasteiger partial charge in [0.15, 0.2) is 5.65 Å². The van der Waals surface area contributed by atoms with Crippen molar-refractivity contribution in [1.29, 1.82) is 0 Å². The summed E-state index contributed by atoms with van der Waals surface area (Å²) in [5.74, 6) is -0.196. The fourth-order valence-electron chi connectivity index (χ4n) is 3.90. The van der Waals surface area contributed by atoms with Gasteiger partial charge in [0.25, 0.3) is 0 Å². The number of carboxylic acid groups (broad SMARTS) is 1. The highest BCUT2D eigenvalue weighted by Crippen LogP contribution is 2.43. The number of anilines is 1. The van der Waals surface area contributed by atoms with Crippen LogP contribution in [0.15, 0.2) is 30.7 Å². The van der Waals surface area contributed by atoms with Gasteiger partial charge < -0.3 is 15.6 Å². The lowest BCUT2D eigenvalue weighted by atomic mass is 9.94. The highest BCUT2D eigenvalue weighted by Gasteiger charge is 2.25. The van der Waals surface area contributed by atoms with E-state index in [0.29, 0.717) is 44.4 Å².